The SMILES string of the molecule is CC.CC.CCN(C)CC(C)N(C)CC(F)(F)F. The molecule has 114 valence electrons. The van der Waals surface area contributed by atoms with Crippen molar-refractivity contribution in [2.75, 3.05) is 33.7 Å². The highest BCUT2D eigenvalue weighted by Gasteiger charge is 2.30. The summed E-state index contributed by atoms with van der Waals surface area (Å²) in [5.41, 5.74) is 0. The van der Waals surface area contributed by atoms with Crippen LogP contribution < -0.4 is 0 Å². The molecule has 0 aromatic heterocycles. The van der Waals surface area contributed by atoms with Crippen LogP contribution in [0.1, 0.15) is 41.5 Å². The van der Waals surface area contributed by atoms with E-state index in [2.05, 4.69) is 0 Å². The molecule has 1 unspecified atom stereocenters. The zero-order valence-electron chi connectivity index (χ0n) is 13.2. The molecule has 0 spiro atoms. The van der Waals surface area contributed by atoms with E-state index in [0.29, 0.717) is 6.54 Å². The Bertz CT molecular complexity index is 161. The number of alkyl halides is 3. The van der Waals surface area contributed by atoms with Crippen LogP contribution in [0, 0.1) is 0 Å². The van der Waals surface area contributed by atoms with Gasteiger partial charge in [-0.1, -0.05) is 34.6 Å². The van der Waals surface area contributed by atoms with Crippen LogP contribution in [0.4, 0.5) is 13.2 Å². The van der Waals surface area contributed by atoms with E-state index in [0.717, 1.165) is 6.54 Å². The van der Waals surface area contributed by atoms with E-state index in [1.165, 1.54) is 11.9 Å². The van der Waals surface area contributed by atoms with Crippen LogP contribution in [-0.4, -0.2) is 55.7 Å². The summed E-state index contributed by atoms with van der Waals surface area (Å²) in [4.78, 5) is 3.32. The Hall–Kier alpha value is -0.290. The van der Waals surface area contributed by atoms with Gasteiger partial charge in [-0.15, -0.1) is 0 Å². The van der Waals surface area contributed by atoms with E-state index >= 15 is 0 Å². The Balaban J connectivity index is -0.000000506. The van der Waals surface area contributed by atoms with Crippen molar-refractivity contribution in [1.82, 2.24) is 9.80 Å². The van der Waals surface area contributed by atoms with Crippen LogP contribution >= 0.6 is 0 Å². The van der Waals surface area contributed by atoms with Crippen molar-refractivity contribution in [2.45, 2.75) is 53.8 Å². The van der Waals surface area contributed by atoms with Crippen LogP contribution in [-0.2, 0) is 0 Å². The number of hydrogen-bond acceptors (Lipinski definition) is 2. The van der Waals surface area contributed by atoms with Crippen LogP contribution in [0.25, 0.3) is 0 Å². The van der Waals surface area contributed by atoms with Crippen molar-refractivity contribution in [1.29, 1.82) is 0 Å². The minimum absolute atomic E-state index is 0.0819. The van der Waals surface area contributed by atoms with Gasteiger partial charge in [0.2, 0.25) is 0 Å². The summed E-state index contributed by atoms with van der Waals surface area (Å²) in [5, 5.41) is 0. The van der Waals surface area contributed by atoms with Gasteiger partial charge in [-0.05, 0) is 27.6 Å². The quantitative estimate of drug-likeness (QED) is 0.749. The van der Waals surface area contributed by atoms with E-state index in [9.17, 15) is 13.2 Å². The van der Waals surface area contributed by atoms with Gasteiger partial charge < -0.3 is 4.90 Å². The molecule has 18 heavy (non-hydrogen) atoms. The fourth-order valence-electron chi connectivity index (χ4n) is 1.16. The molecule has 0 radical (unpaired) electrons. The highest BCUT2D eigenvalue weighted by atomic mass is 19.4. The van der Waals surface area contributed by atoms with Gasteiger partial charge in [0.1, 0.15) is 0 Å². The molecule has 0 aliphatic carbocycles. The molecule has 0 saturated heterocycles. The molecule has 1 atom stereocenters. The van der Waals surface area contributed by atoms with E-state index in [1.54, 1.807) is 6.92 Å². The third-order valence-electron chi connectivity index (χ3n) is 2.30. The molecule has 2 nitrogen and oxygen atoms in total. The van der Waals surface area contributed by atoms with Gasteiger partial charge in [0, 0.05) is 12.6 Å². The van der Waals surface area contributed by atoms with E-state index in [-0.39, 0.29) is 6.04 Å². The summed E-state index contributed by atoms with van der Waals surface area (Å²) in [5.74, 6) is 0. The summed E-state index contributed by atoms with van der Waals surface area (Å²) < 4.78 is 36.1. The third-order valence-corrected chi connectivity index (χ3v) is 2.30. The van der Waals surface area contributed by atoms with Crippen LogP contribution in [0.5, 0.6) is 0 Å². The van der Waals surface area contributed by atoms with Crippen LogP contribution in [0.15, 0.2) is 0 Å². The molecule has 0 rings (SSSR count). The third kappa shape index (κ3) is 15.7. The predicted octanol–water partition coefficient (Wildman–Crippen LogP) is 3.87. The lowest BCUT2D eigenvalue weighted by Crippen LogP contribution is -2.43. The molecule has 0 aliphatic rings. The van der Waals surface area contributed by atoms with Gasteiger partial charge >= 0.3 is 6.18 Å². The van der Waals surface area contributed by atoms with Crippen molar-refractivity contribution in [2.24, 2.45) is 0 Å². The topological polar surface area (TPSA) is 6.48 Å². The van der Waals surface area contributed by atoms with E-state index in [4.69, 9.17) is 0 Å². The second-order valence-electron chi connectivity index (χ2n) is 3.73. The maximum atomic E-state index is 12.0. The lowest BCUT2D eigenvalue weighted by atomic mass is 10.3. The Labute approximate surface area is 111 Å². The zero-order valence-corrected chi connectivity index (χ0v) is 13.2. The number of nitrogens with zero attached hydrogens (tertiary/aromatic N) is 2. The summed E-state index contributed by atoms with van der Waals surface area (Å²) in [6, 6.07) is -0.0819. The molecule has 0 aliphatic heterocycles. The summed E-state index contributed by atoms with van der Waals surface area (Å²) >= 11 is 0. The van der Waals surface area contributed by atoms with E-state index < -0.39 is 12.7 Å². The molecule has 0 saturated carbocycles. The lowest BCUT2D eigenvalue weighted by Gasteiger charge is -2.28. The fourth-order valence-corrected chi connectivity index (χ4v) is 1.16. The van der Waals surface area contributed by atoms with Gasteiger partial charge in [0.05, 0.1) is 6.54 Å². The molecular weight excluding hydrogens is 241 g/mol. The van der Waals surface area contributed by atoms with Gasteiger partial charge in [-0.25, -0.2) is 0 Å². The molecule has 0 aromatic carbocycles. The fraction of sp³-hybridized carbons (Fsp3) is 1.00. The Morgan fingerprint density at radius 2 is 1.39 bits per heavy atom. The van der Waals surface area contributed by atoms with Crippen molar-refractivity contribution >= 4 is 0 Å². The van der Waals surface area contributed by atoms with Gasteiger partial charge in [0.15, 0.2) is 0 Å². The zero-order chi connectivity index (χ0) is 15.4. The average Bonchev–Trinajstić information content (AvgIpc) is 2.31. The molecule has 0 aromatic rings. The highest BCUT2D eigenvalue weighted by molar-refractivity contribution is 4.69. The smallest absolute Gasteiger partial charge is 0.305 e. The van der Waals surface area contributed by atoms with Gasteiger partial charge in [-0.3, -0.25) is 4.90 Å². The first-order chi connectivity index (χ1) is 8.26. The second kappa shape index (κ2) is 13.1. The van der Waals surface area contributed by atoms with Crippen molar-refractivity contribution in [3.8, 4) is 0 Å². The first-order valence-corrected chi connectivity index (χ1v) is 6.71. The van der Waals surface area contributed by atoms with Crippen molar-refractivity contribution in [3.63, 3.8) is 0 Å². The minimum Gasteiger partial charge on any atom is -0.305 e. The maximum Gasteiger partial charge on any atom is 0.401 e. The van der Waals surface area contributed by atoms with Gasteiger partial charge in [-0.2, -0.15) is 13.2 Å². The number of rotatable bonds is 5. The Morgan fingerprint density at radius 3 is 1.67 bits per heavy atom. The highest BCUT2D eigenvalue weighted by Crippen LogP contribution is 2.16. The Kier molecular flexibility index (Phi) is 16.7. The Morgan fingerprint density at radius 1 is 1.00 bits per heavy atom. The molecule has 5 heteroatoms. The van der Waals surface area contributed by atoms with Gasteiger partial charge in [0.25, 0.3) is 0 Å². The number of likely N-dealkylation sites (N-methyl/N-ethyl adjacent to an activating group) is 2. The summed E-state index contributed by atoms with van der Waals surface area (Å²) in [6.45, 7) is 12.5. The second-order valence-corrected chi connectivity index (χ2v) is 3.73. The van der Waals surface area contributed by atoms with Crippen LogP contribution in [0.3, 0.4) is 0 Å². The van der Waals surface area contributed by atoms with Crippen molar-refractivity contribution in [3.05, 3.63) is 0 Å². The summed E-state index contributed by atoms with van der Waals surface area (Å²) in [7, 11) is 3.40. The standard InChI is InChI=1S/C9H19F3N2.2C2H6/c1-5-13(3)6-8(2)14(4)7-9(10,11)12;2*1-2/h8H,5-7H2,1-4H3;2*1-2H3. The van der Waals surface area contributed by atoms with Crippen LogP contribution in [0.2, 0.25) is 0 Å². The normalized spacial score (nSPS) is 12.5. The maximum absolute atomic E-state index is 12.0. The lowest BCUT2D eigenvalue weighted by molar-refractivity contribution is -0.147. The monoisotopic (exact) mass is 272 g/mol. The molecule has 0 bridgehead atoms. The first kappa shape index (κ1) is 22.9. The predicted molar refractivity (Wildman–Crippen MR) is 74.0 cm³/mol. The van der Waals surface area contributed by atoms with Crippen molar-refractivity contribution < 1.29 is 13.2 Å². The molecule has 0 N–H and O–H groups in total. The minimum atomic E-state index is -4.10. The first-order valence-electron chi connectivity index (χ1n) is 6.71. The molecule has 0 fully saturated rings. The van der Waals surface area contributed by atoms with E-state index in [1.807, 2.05) is 46.6 Å². The number of hydrogen-bond donors (Lipinski definition) is 0. The molecule has 0 heterocycles. The molecule has 0 amide bonds. The average molecular weight is 272 g/mol. The summed E-state index contributed by atoms with van der Waals surface area (Å²) in [6.07, 6.45) is -4.10. The molecular formula is C13H31F3N2. The largest absolute Gasteiger partial charge is 0.401 e. The number of halogens is 3.